The van der Waals surface area contributed by atoms with Crippen LogP contribution in [0.1, 0.15) is 30.0 Å². The Morgan fingerprint density at radius 2 is 1.94 bits per heavy atom. The van der Waals surface area contributed by atoms with Crippen LogP contribution in [0.2, 0.25) is 10.0 Å². The van der Waals surface area contributed by atoms with E-state index in [2.05, 4.69) is 0 Å². The molecule has 0 aliphatic rings. The van der Waals surface area contributed by atoms with Crippen molar-refractivity contribution in [2.45, 2.75) is 20.3 Å². The molecule has 96 valence electrons. The standard InChI is InChI=1S/C13H12Cl2O3/c1-6(2)5-7-10-8(14)3-4-9(15)12(10)18-11(7)13(16)17/h3-4,6H,5H2,1-2H3,(H,16,17). The van der Waals surface area contributed by atoms with E-state index in [9.17, 15) is 9.90 Å². The number of carboxylic acids is 1. The number of rotatable bonds is 3. The van der Waals surface area contributed by atoms with Crippen molar-refractivity contribution in [3.05, 3.63) is 33.5 Å². The zero-order valence-corrected chi connectivity index (χ0v) is 11.5. The van der Waals surface area contributed by atoms with Gasteiger partial charge in [0.25, 0.3) is 0 Å². The van der Waals surface area contributed by atoms with Crippen molar-refractivity contribution in [1.82, 2.24) is 0 Å². The number of carboxylic acid groups (broad SMARTS) is 1. The Balaban J connectivity index is 2.80. The molecule has 1 aromatic heterocycles. The fourth-order valence-electron chi connectivity index (χ4n) is 1.97. The van der Waals surface area contributed by atoms with Gasteiger partial charge >= 0.3 is 5.97 Å². The molecule has 0 amide bonds. The molecule has 0 saturated heterocycles. The first-order valence-corrected chi connectivity index (χ1v) is 6.30. The summed E-state index contributed by atoms with van der Waals surface area (Å²) < 4.78 is 5.36. The lowest BCUT2D eigenvalue weighted by Gasteiger charge is -2.04. The SMILES string of the molecule is CC(C)Cc1c(C(=O)O)oc2c(Cl)ccc(Cl)c12. The Morgan fingerprint density at radius 3 is 2.50 bits per heavy atom. The summed E-state index contributed by atoms with van der Waals surface area (Å²) >= 11 is 12.1. The Hall–Kier alpha value is -1.19. The minimum absolute atomic E-state index is 0.0753. The minimum atomic E-state index is -1.10. The highest BCUT2D eigenvalue weighted by atomic mass is 35.5. The van der Waals surface area contributed by atoms with Crippen LogP contribution >= 0.6 is 23.2 Å². The van der Waals surface area contributed by atoms with Gasteiger partial charge in [0, 0.05) is 10.9 Å². The van der Waals surface area contributed by atoms with E-state index in [4.69, 9.17) is 27.6 Å². The van der Waals surface area contributed by atoms with Gasteiger partial charge in [0.2, 0.25) is 5.76 Å². The molecule has 1 aromatic carbocycles. The topological polar surface area (TPSA) is 50.4 Å². The molecule has 0 fully saturated rings. The van der Waals surface area contributed by atoms with E-state index in [0.717, 1.165) is 0 Å². The Labute approximate surface area is 114 Å². The third kappa shape index (κ3) is 2.20. The van der Waals surface area contributed by atoms with Crippen molar-refractivity contribution in [2.24, 2.45) is 5.92 Å². The summed E-state index contributed by atoms with van der Waals surface area (Å²) in [6.07, 6.45) is 0.578. The molecule has 3 nitrogen and oxygen atoms in total. The van der Waals surface area contributed by atoms with Crippen molar-refractivity contribution >= 4 is 40.1 Å². The highest BCUT2D eigenvalue weighted by Gasteiger charge is 2.23. The predicted molar refractivity (Wildman–Crippen MR) is 71.7 cm³/mol. The van der Waals surface area contributed by atoms with Crippen molar-refractivity contribution in [1.29, 1.82) is 0 Å². The number of fused-ring (bicyclic) bond motifs is 1. The molecule has 0 bridgehead atoms. The van der Waals surface area contributed by atoms with Crippen LogP contribution in [-0.4, -0.2) is 11.1 Å². The summed E-state index contributed by atoms with van der Waals surface area (Å²) in [4.78, 5) is 11.2. The zero-order valence-electron chi connectivity index (χ0n) is 9.96. The summed E-state index contributed by atoms with van der Waals surface area (Å²) in [5.74, 6) is -0.887. The summed E-state index contributed by atoms with van der Waals surface area (Å²) in [7, 11) is 0. The monoisotopic (exact) mass is 286 g/mol. The number of halogens is 2. The first-order valence-electron chi connectivity index (χ1n) is 5.54. The lowest BCUT2D eigenvalue weighted by molar-refractivity contribution is 0.0663. The van der Waals surface area contributed by atoms with Crippen molar-refractivity contribution < 1.29 is 14.3 Å². The van der Waals surface area contributed by atoms with E-state index in [0.29, 0.717) is 38.9 Å². The fourth-order valence-corrected chi connectivity index (χ4v) is 2.43. The molecular weight excluding hydrogens is 275 g/mol. The summed E-state index contributed by atoms with van der Waals surface area (Å²) in [5.41, 5.74) is 0.956. The average molecular weight is 287 g/mol. The molecule has 5 heteroatoms. The summed E-state index contributed by atoms with van der Waals surface area (Å²) in [6, 6.07) is 3.25. The Morgan fingerprint density at radius 1 is 1.33 bits per heavy atom. The van der Waals surface area contributed by atoms with Crippen LogP contribution in [0.3, 0.4) is 0 Å². The van der Waals surface area contributed by atoms with Gasteiger partial charge in [-0.15, -0.1) is 0 Å². The van der Waals surface area contributed by atoms with Gasteiger partial charge in [0.1, 0.15) is 0 Å². The highest BCUT2D eigenvalue weighted by Crippen LogP contribution is 2.37. The normalized spacial score (nSPS) is 11.4. The van der Waals surface area contributed by atoms with Crippen LogP contribution < -0.4 is 0 Å². The zero-order chi connectivity index (χ0) is 13.4. The van der Waals surface area contributed by atoms with Gasteiger partial charge in [-0.25, -0.2) is 4.79 Å². The largest absolute Gasteiger partial charge is 0.475 e. The molecule has 2 aromatic rings. The number of carbonyl (C=O) groups is 1. The van der Waals surface area contributed by atoms with Crippen LogP contribution in [0.4, 0.5) is 0 Å². The average Bonchev–Trinajstić information content (AvgIpc) is 2.63. The van der Waals surface area contributed by atoms with Gasteiger partial charge in [-0.2, -0.15) is 0 Å². The molecule has 0 radical (unpaired) electrons. The molecule has 18 heavy (non-hydrogen) atoms. The third-order valence-corrected chi connectivity index (χ3v) is 3.26. The smallest absolute Gasteiger partial charge is 0.372 e. The Bertz CT molecular complexity index is 614. The number of furan rings is 1. The van der Waals surface area contributed by atoms with Gasteiger partial charge in [-0.1, -0.05) is 37.0 Å². The molecule has 0 unspecified atom stereocenters. The van der Waals surface area contributed by atoms with Gasteiger partial charge in [-0.3, -0.25) is 0 Å². The maximum Gasteiger partial charge on any atom is 0.372 e. The first-order chi connectivity index (χ1) is 8.41. The maximum atomic E-state index is 11.2. The highest BCUT2D eigenvalue weighted by molar-refractivity contribution is 6.40. The van der Waals surface area contributed by atoms with Crippen LogP contribution in [0.25, 0.3) is 11.0 Å². The molecule has 2 rings (SSSR count). The molecule has 0 saturated carbocycles. The van der Waals surface area contributed by atoms with E-state index in [1.807, 2.05) is 13.8 Å². The van der Waals surface area contributed by atoms with Gasteiger partial charge in [-0.05, 0) is 24.5 Å². The van der Waals surface area contributed by atoms with E-state index >= 15 is 0 Å². The minimum Gasteiger partial charge on any atom is -0.475 e. The number of hydrogen-bond acceptors (Lipinski definition) is 2. The van der Waals surface area contributed by atoms with Crippen LogP contribution in [-0.2, 0) is 6.42 Å². The molecule has 1 N–H and O–H groups in total. The molecule has 0 aliphatic heterocycles. The lowest BCUT2D eigenvalue weighted by Crippen LogP contribution is -2.02. The van der Waals surface area contributed by atoms with E-state index < -0.39 is 5.97 Å². The van der Waals surface area contributed by atoms with E-state index in [-0.39, 0.29) is 5.76 Å². The lowest BCUT2D eigenvalue weighted by atomic mass is 10.00. The number of hydrogen-bond donors (Lipinski definition) is 1. The number of aromatic carboxylic acids is 1. The van der Waals surface area contributed by atoms with Crippen molar-refractivity contribution in [3.63, 3.8) is 0 Å². The first kappa shape index (κ1) is 13.2. The van der Waals surface area contributed by atoms with Gasteiger partial charge in [0.15, 0.2) is 5.58 Å². The molecular formula is C13H12Cl2O3. The second-order valence-corrected chi connectivity index (χ2v) is 5.36. The van der Waals surface area contributed by atoms with Crippen LogP contribution in [0, 0.1) is 5.92 Å². The van der Waals surface area contributed by atoms with Crippen LogP contribution in [0.15, 0.2) is 16.5 Å². The Kier molecular flexibility index (Phi) is 3.55. The second kappa shape index (κ2) is 4.82. The quantitative estimate of drug-likeness (QED) is 0.894. The van der Waals surface area contributed by atoms with E-state index in [1.165, 1.54) is 0 Å². The van der Waals surface area contributed by atoms with Crippen LogP contribution in [0.5, 0.6) is 0 Å². The maximum absolute atomic E-state index is 11.2. The van der Waals surface area contributed by atoms with E-state index in [1.54, 1.807) is 12.1 Å². The predicted octanol–water partition coefficient (Wildman–Crippen LogP) is 4.64. The van der Waals surface area contributed by atoms with Gasteiger partial charge < -0.3 is 9.52 Å². The third-order valence-electron chi connectivity index (χ3n) is 2.65. The molecule has 0 atom stereocenters. The van der Waals surface area contributed by atoms with Gasteiger partial charge in [0.05, 0.1) is 10.0 Å². The fraction of sp³-hybridized carbons (Fsp3) is 0.308. The summed E-state index contributed by atoms with van der Waals surface area (Å²) in [6.45, 7) is 4.01. The summed E-state index contributed by atoms with van der Waals surface area (Å²) in [5, 5.41) is 10.6. The molecule has 0 spiro atoms. The number of benzene rings is 1. The second-order valence-electron chi connectivity index (χ2n) is 4.55. The van der Waals surface area contributed by atoms with Crippen molar-refractivity contribution in [2.75, 3.05) is 0 Å². The molecule has 0 aliphatic carbocycles. The van der Waals surface area contributed by atoms with Crippen molar-refractivity contribution in [3.8, 4) is 0 Å². The molecule has 1 heterocycles.